The molecule has 14 nitrogen and oxygen atoms in total. The molecule has 0 radical (unpaired) electrons. The summed E-state index contributed by atoms with van der Waals surface area (Å²) in [6.45, 7) is 1.54. The number of piperidine rings is 1. The van der Waals surface area contributed by atoms with E-state index < -0.39 is 82.3 Å². The van der Waals surface area contributed by atoms with Gasteiger partial charge in [0.25, 0.3) is 0 Å². The Balaban J connectivity index is 0.00000625. The number of esters is 3. The number of halogens is 2. The number of aliphatic hydroxyl groups is 2. The Bertz CT molecular complexity index is 2600. The van der Waals surface area contributed by atoms with Crippen LogP contribution in [0, 0.1) is 11.3 Å². The molecule has 2 aromatic carbocycles. The van der Waals surface area contributed by atoms with Gasteiger partial charge in [-0.3, -0.25) is 19.3 Å². The minimum atomic E-state index is -3.28. The van der Waals surface area contributed by atoms with E-state index >= 15 is 4.79 Å². The molecular formula is C47H58ClIN4O10. The van der Waals surface area contributed by atoms with Gasteiger partial charge in [-0.25, -0.2) is 4.79 Å². The first-order valence-corrected chi connectivity index (χ1v) is 21.8. The highest BCUT2D eigenvalue weighted by Gasteiger charge is 2.81. The van der Waals surface area contributed by atoms with Crippen LogP contribution in [0.1, 0.15) is 82.0 Å². The van der Waals surface area contributed by atoms with Gasteiger partial charge in [0.15, 0.2) is 12.1 Å². The van der Waals surface area contributed by atoms with Crippen LogP contribution in [-0.2, 0) is 50.6 Å². The van der Waals surface area contributed by atoms with Crippen molar-refractivity contribution < 1.29 is 83.7 Å². The first kappa shape index (κ1) is 39.6. The van der Waals surface area contributed by atoms with Crippen LogP contribution in [0.25, 0.3) is 10.9 Å². The summed E-state index contributed by atoms with van der Waals surface area (Å²) < 4.78 is 65.2. The number of carbonyl (C=O) groups is 4. The molecule has 9 rings (SSSR count). The Morgan fingerprint density at radius 3 is 2.49 bits per heavy atom. The highest BCUT2D eigenvalue weighted by Crippen LogP contribution is 2.68. The van der Waals surface area contributed by atoms with Gasteiger partial charge in [-0.1, -0.05) is 55.8 Å². The third kappa shape index (κ3) is 6.07. The van der Waals surface area contributed by atoms with E-state index in [1.54, 1.807) is 25.1 Å². The molecule has 1 amide bonds. The van der Waals surface area contributed by atoms with Crippen molar-refractivity contribution >= 4 is 52.5 Å². The number of hydrogen-bond acceptors (Lipinski definition) is 11. The third-order valence-corrected chi connectivity index (χ3v) is 16.3. The fraction of sp³-hybridized carbons (Fsp3) is 0.574. The molecule has 6 aliphatic rings. The second-order valence-electron chi connectivity index (χ2n) is 18.5. The zero-order valence-electron chi connectivity index (χ0n) is 41.0. The van der Waals surface area contributed by atoms with Crippen molar-refractivity contribution in [2.45, 2.75) is 99.4 Å². The fourth-order valence-electron chi connectivity index (χ4n) is 13.7. The second kappa shape index (κ2) is 16.0. The van der Waals surface area contributed by atoms with E-state index in [0.717, 1.165) is 12.5 Å². The van der Waals surface area contributed by atoms with Crippen LogP contribution in [-0.4, -0.2) is 138 Å². The molecule has 16 heteroatoms. The summed E-state index contributed by atoms with van der Waals surface area (Å²) in [4.78, 5) is 64.4. The number of carbonyl (C=O) groups excluding carboxylic acids is 4. The zero-order valence-corrected chi connectivity index (χ0v) is 39.0. The minimum absolute atomic E-state index is 0. The molecule has 1 aromatic heterocycles. The quantitative estimate of drug-likeness (QED) is 0.0413. The number of alkyl halides is 1. The summed E-state index contributed by atoms with van der Waals surface area (Å²) in [7, 11) is 3.76. The molecule has 1 saturated carbocycles. The lowest BCUT2D eigenvalue weighted by atomic mass is 9.47. The maximum absolute atomic E-state index is 15.5. The maximum atomic E-state index is 15.5. The Morgan fingerprint density at radius 2 is 1.83 bits per heavy atom. The number of hydrogen-bond donors (Lipinski definition) is 3. The summed E-state index contributed by atoms with van der Waals surface area (Å²) in [5.74, 6) is -6.30. The van der Waals surface area contributed by atoms with Crippen molar-refractivity contribution in [3.05, 3.63) is 70.9 Å². The van der Waals surface area contributed by atoms with Crippen molar-refractivity contribution in [1.29, 1.82) is 0 Å². The first-order valence-electron chi connectivity index (χ1n) is 23.9. The Kier molecular flexibility index (Phi) is 10.1. The number of nitrogens with one attached hydrogen (secondary N) is 1. The number of rotatable bonds is 9. The Hall–Kier alpha value is -3.74. The largest absolute Gasteiger partial charge is 1.00 e. The molecule has 1 spiro atoms. The Labute approximate surface area is 396 Å². The number of aromatic nitrogens is 1. The van der Waals surface area contributed by atoms with Crippen molar-refractivity contribution in [2.24, 2.45) is 11.3 Å². The summed E-state index contributed by atoms with van der Waals surface area (Å²) >= 11 is 6.79. The maximum Gasteiger partial charge on any atom is 0.344 e. The number of methoxy groups -OCH3 is 3. The van der Waals surface area contributed by atoms with Gasteiger partial charge < -0.3 is 67.5 Å². The highest BCUT2D eigenvalue weighted by atomic mass is 127. The van der Waals surface area contributed by atoms with Crippen LogP contribution in [0.3, 0.4) is 0 Å². The van der Waals surface area contributed by atoms with Crippen molar-refractivity contribution in [3.8, 4) is 5.75 Å². The van der Waals surface area contributed by atoms with E-state index in [-0.39, 0.29) is 91.6 Å². The number of H-pyrrole nitrogens is 1. The Morgan fingerprint density at radius 1 is 1.06 bits per heavy atom. The van der Waals surface area contributed by atoms with E-state index in [0.29, 0.717) is 53.8 Å². The topological polar surface area (TPSA) is 168 Å². The predicted octanol–water partition coefficient (Wildman–Crippen LogP) is 1.23. The molecule has 63 heavy (non-hydrogen) atoms. The number of benzene rings is 2. The summed E-state index contributed by atoms with van der Waals surface area (Å²) in [6.07, 6.45) is 3.32. The molecule has 3 fully saturated rings. The van der Waals surface area contributed by atoms with Gasteiger partial charge in [0.1, 0.15) is 26.1 Å². The summed E-state index contributed by atoms with van der Waals surface area (Å²) in [6, 6.07) is 8.70. The van der Waals surface area contributed by atoms with Crippen molar-refractivity contribution in [1.82, 2.24) is 9.88 Å². The smallest absolute Gasteiger partial charge is 0.344 e. The van der Waals surface area contributed by atoms with E-state index in [1.807, 2.05) is 37.3 Å². The van der Waals surface area contributed by atoms with Crippen molar-refractivity contribution in [3.63, 3.8) is 0 Å². The van der Waals surface area contributed by atoms with Crippen molar-refractivity contribution in [2.75, 3.05) is 64.9 Å². The SMILES string of the molecule is [2H]C([2H])([2H])C(=O)O[C@@H]1[C@]2(CC)C=CCN3CC[C@@]4(c5cc([C@@]6(C(=O)OC)C[C@H]7C[C@@](O)(CC)C[N@+](C([2H])([2H])Cl)(CCc8c6[nH]c6ccccc86)C7)c(OC)cc5N(C=O)[C@H]4[C@@]1(O)C(=O)OC)[C@@H]32.[I-]. The molecule has 3 N–H and O–H groups in total. The van der Waals surface area contributed by atoms with Crippen LogP contribution in [0.4, 0.5) is 5.69 Å². The third-order valence-electron chi connectivity index (χ3n) is 15.9. The normalized spacial score (nSPS) is 37.9. The van der Waals surface area contributed by atoms with E-state index in [1.165, 1.54) is 19.1 Å². The van der Waals surface area contributed by atoms with Crippen LogP contribution >= 0.6 is 11.6 Å². The molecule has 5 aliphatic heterocycles. The molecule has 2 saturated heterocycles. The number of nitrogens with zero attached hydrogens (tertiary/aromatic N) is 3. The monoisotopic (exact) mass is 1010 g/mol. The van der Waals surface area contributed by atoms with Gasteiger partial charge in [-0.15, -0.1) is 0 Å². The molecule has 1 aliphatic carbocycles. The second-order valence-corrected chi connectivity index (χ2v) is 18.6. The fourth-order valence-corrected chi connectivity index (χ4v) is 14.0. The number of quaternary nitrogens is 1. The molecule has 340 valence electrons. The van der Waals surface area contributed by atoms with E-state index in [9.17, 15) is 24.6 Å². The standard InChI is InChI=1S/C47H58ClN4O10.HI/c1-7-43(57)22-29-23-46(41(55)60-5,37-31(14-19-52(24-29,25-43)26-48)30-12-9-10-13-34(30)49-37)33-20-32-35(21-36(33)59-4)51(27-53)39-45(32)16-18-50-17-11-15-44(8-2,38(45)50)40(62-28(3)54)47(39,58)42(56)61-6;/h9-13,15,20-21,27,29,38-40,49,57-58H,7-8,14,16-19,22-26H2,1-6H3;1H/q+1;/p-1/t29-,38+,39-,40-,43+,44-,45-,46+,47+,52+;/m1./s1/i3D3,26D2;. The van der Waals surface area contributed by atoms with Gasteiger partial charge in [-0.05, 0) is 61.9 Å². The lowest BCUT2D eigenvalue weighted by Gasteiger charge is -2.63. The number of para-hydroxylation sites is 1. The lowest BCUT2D eigenvalue weighted by molar-refractivity contribution is -0.932. The molecule has 10 atom stereocenters. The molecule has 2 bridgehead atoms. The van der Waals surface area contributed by atoms with Gasteiger partial charge in [-0.2, -0.15) is 0 Å². The number of ether oxygens (including phenoxy) is 4. The average Bonchev–Trinajstić information content (AvgIpc) is 3.97. The molecular weight excluding hydrogens is 943 g/mol. The summed E-state index contributed by atoms with van der Waals surface area (Å²) in [5.41, 5.74) is -5.92. The molecule has 0 unspecified atom stereocenters. The lowest BCUT2D eigenvalue weighted by Crippen LogP contribution is -3.00. The number of fused-ring (bicyclic) bond motifs is 6. The van der Waals surface area contributed by atoms with Crippen LogP contribution in [0.2, 0.25) is 0 Å². The minimum Gasteiger partial charge on any atom is -1.00 e. The van der Waals surface area contributed by atoms with E-state index in [4.69, 9.17) is 37.4 Å². The highest BCUT2D eigenvalue weighted by molar-refractivity contribution is 6.17. The van der Waals surface area contributed by atoms with Crippen LogP contribution < -0.4 is 33.6 Å². The van der Waals surface area contributed by atoms with Crippen LogP contribution in [0.15, 0.2) is 48.6 Å². The number of anilines is 1. The van der Waals surface area contributed by atoms with Gasteiger partial charge in [0.05, 0.1) is 46.1 Å². The molecule has 6 heterocycles. The number of aromatic amines is 1. The van der Waals surface area contributed by atoms with Gasteiger partial charge in [0, 0.05) is 74.9 Å². The zero-order chi connectivity index (χ0) is 48.5. The summed E-state index contributed by atoms with van der Waals surface area (Å²) in [5, 5.41) is 26.5. The average molecular weight is 1010 g/mol. The van der Waals surface area contributed by atoms with Gasteiger partial charge >= 0.3 is 17.9 Å². The van der Waals surface area contributed by atoms with Crippen LogP contribution in [0.5, 0.6) is 5.75 Å². The van der Waals surface area contributed by atoms with E-state index in [2.05, 4.69) is 9.88 Å². The molecule has 3 aromatic rings. The van der Waals surface area contributed by atoms with Gasteiger partial charge in [0.2, 0.25) is 12.0 Å². The number of amides is 1. The predicted molar refractivity (Wildman–Crippen MR) is 230 cm³/mol. The first-order chi connectivity index (χ1) is 31.6.